The summed E-state index contributed by atoms with van der Waals surface area (Å²) in [5, 5.41) is 17.9. The van der Waals surface area contributed by atoms with Crippen LogP contribution in [-0.2, 0) is 11.8 Å². The molecule has 1 aromatic heterocycles. The number of carbonyl (C=O) groups excluding carboxylic acids is 1. The van der Waals surface area contributed by atoms with Crippen molar-refractivity contribution in [2.24, 2.45) is 12.0 Å². The second kappa shape index (κ2) is 7.43. The molecule has 1 aromatic rings. The van der Waals surface area contributed by atoms with Crippen LogP contribution in [0.2, 0.25) is 0 Å². The number of aliphatic hydroxyl groups is 1. The Hall–Kier alpha value is -2.09. The van der Waals surface area contributed by atoms with Gasteiger partial charge in [-0.25, -0.2) is 0 Å². The fraction of sp³-hybridized carbons (Fsp3) is 0.706. The van der Waals surface area contributed by atoms with E-state index in [0.29, 0.717) is 25.6 Å². The van der Waals surface area contributed by atoms with E-state index in [9.17, 15) is 9.90 Å². The van der Waals surface area contributed by atoms with Gasteiger partial charge in [-0.1, -0.05) is 12.8 Å². The summed E-state index contributed by atoms with van der Waals surface area (Å²) in [7, 11) is 1.84. The number of rotatable bonds is 4. The molecule has 2 N–H and O–H groups in total. The Balaban J connectivity index is 1.66. The standard InChI is InChI=1S/C17H28N6O2/c1-3-18-16(19-13-17(25)6-4-5-7-17)22-8-9-23(15(24)12-22)14-10-20-21(2)11-14/h10-11,25H,3-9,12-13H2,1-2H3,(H,18,19). The van der Waals surface area contributed by atoms with E-state index in [1.54, 1.807) is 15.8 Å². The molecule has 2 aliphatic rings. The lowest BCUT2D eigenvalue weighted by atomic mass is 10.0. The molecule has 2 fully saturated rings. The van der Waals surface area contributed by atoms with E-state index in [2.05, 4.69) is 15.4 Å². The van der Waals surface area contributed by atoms with E-state index in [1.165, 1.54) is 0 Å². The van der Waals surface area contributed by atoms with Crippen molar-refractivity contribution in [1.82, 2.24) is 20.0 Å². The summed E-state index contributed by atoms with van der Waals surface area (Å²) in [6.45, 7) is 4.71. The molecule has 1 saturated carbocycles. The Kier molecular flexibility index (Phi) is 5.27. The van der Waals surface area contributed by atoms with Crippen molar-refractivity contribution in [3.05, 3.63) is 12.4 Å². The second-order valence-electron chi connectivity index (χ2n) is 6.94. The molecule has 8 heteroatoms. The molecule has 1 amide bonds. The highest BCUT2D eigenvalue weighted by molar-refractivity contribution is 5.98. The third-order valence-corrected chi connectivity index (χ3v) is 4.92. The summed E-state index contributed by atoms with van der Waals surface area (Å²) in [5.41, 5.74) is 0.150. The third-order valence-electron chi connectivity index (χ3n) is 4.92. The third kappa shape index (κ3) is 4.12. The lowest BCUT2D eigenvalue weighted by Gasteiger charge is -2.35. The van der Waals surface area contributed by atoms with Crippen LogP contribution in [0.1, 0.15) is 32.6 Å². The van der Waals surface area contributed by atoms with Gasteiger partial charge < -0.3 is 20.2 Å². The second-order valence-corrected chi connectivity index (χ2v) is 6.94. The predicted octanol–water partition coefficient (Wildman–Crippen LogP) is 0.339. The highest BCUT2D eigenvalue weighted by Crippen LogP contribution is 2.29. The van der Waals surface area contributed by atoms with Crippen molar-refractivity contribution in [3.63, 3.8) is 0 Å². The van der Waals surface area contributed by atoms with Gasteiger partial charge in [0, 0.05) is 32.9 Å². The van der Waals surface area contributed by atoms with Crippen molar-refractivity contribution in [2.45, 2.75) is 38.2 Å². The minimum absolute atomic E-state index is 0.0319. The van der Waals surface area contributed by atoms with Gasteiger partial charge >= 0.3 is 0 Å². The van der Waals surface area contributed by atoms with Crippen LogP contribution in [0, 0.1) is 0 Å². The molecule has 2 heterocycles. The van der Waals surface area contributed by atoms with E-state index in [-0.39, 0.29) is 12.5 Å². The van der Waals surface area contributed by atoms with E-state index < -0.39 is 5.60 Å². The average molecular weight is 348 g/mol. The first-order valence-electron chi connectivity index (χ1n) is 9.05. The topological polar surface area (TPSA) is 86.0 Å². The smallest absolute Gasteiger partial charge is 0.246 e. The minimum Gasteiger partial charge on any atom is -0.388 e. The Morgan fingerprint density at radius 3 is 2.76 bits per heavy atom. The minimum atomic E-state index is -0.678. The molecule has 0 aromatic carbocycles. The lowest BCUT2D eigenvalue weighted by molar-refractivity contribution is -0.120. The van der Waals surface area contributed by atoms with Gasteiger partial charge in [0.05, 0.1) is 24.0 Å². The quantitative estimate of drug-likeness (QED) is 0.605. The Bertz CT molecular complexity index is 635. The number of nitrogens with zero attached hydrogens (tertiary/aromatic N) is 5. The maximum Gasteiger partial charge on any atom is 0.246 e. The summed E-state index contributed by atoms with van der Waals surface area (Å²) in [4.78, 5) is 20.9. The fourth-order valence-electron chi connectivity index (χ4n) is 3.51. The number of nitrogens with one attached hydrogen (secondary N) is 1. The van der Waals surface area contributed by atoms with Gasteiger partial charge in [-0.15, -0.1) is 0 Å². The number of aromatic nitrogens is 2. The van der Waals surface area contributed by atoms with Crippen LogP contribution in [0.4, 0.5) is 5.69 Å². The normalized spacial score (nSPS) is 21.1. The summed E-state index contributed by atoms with van der Waals surface area (Å²) < 4.78 is 1.70. The molecule has 0 atom stereocenters. The Labute approximate surface area is 148 Å². The van der Waals surface area contributed by atoms with Gasteiger partial charge in [-0.2, -0.15) is 5.10 Å². The molecule has 0 radical (unpaired) electrons. The molecule has 1 aliphatic heterocycles. The zero-order valence-electron chi connectivity index (χ0n) is 15.1. The van der Waals surface area contributed by atoms with E-state index in [4.69, 9.17) is 0 Å². The Morgan fingerprint density at radius 2 is 2.16 bits per heavy atom. The summed E-state index contributed by atoms with van der Waals surface area (Å²) >= 11 is 0. The molecule has 138 valence electrons. The fourth-order valence-corrected chi connectivity index (χ4v) is 3.51. The SMILES string of the molecule is CCNC(=NCC1(O)CCCC1)N1CCN(c2cnn(C)c2)C(=O)C1. The monoisotopic (exact) mass is 348 g/mol. The molecular formula is C17H28N6O2. The average Bonchev–Trinajstić information content (AvgIpc) is 3.20. The number of guanidine groups is 1. The summed E-state index contributed by atoms with van der Waals surface area (Å²) in [5.74, 6) is 0.742. The van der Waals surface area contributed by atoms with E-state index in [1.807, 2.05) is 25.1 Å². The molecule has 8 nitrogen and oxygen atoms in total. The van der Waals surface area contributed by atoms with Gasteiger partial charge in [0.25, 0.3) is 0 Å². The maximum absolute atomic E-state index is 12.6. The number of hydrogen-bond donors (Lipinski definition) is 2. The first kappa shape index (κ1) is 17.7. The molecule has 0 bridgehead atoms. The molecule has 0 unspecified atom stereocenters. The van der Waals surface area contributed by atoms with Crippen LogP contribution in [-0.4, -0.2) is 70.0 Å². The largest absolute Gasteiger partial charge is 0.388 e. The predicted molar refractivity (Wildman–Crippen MR) is 96.5 cm³/mol. The van der Waals surface area contributed by atoms with Crippen LogP contribution in [0.25, 0.3) is 0 Å². The van der Waals surface area contributed by atoms with E-state index >= 15 is 0 Å². The Morgan fingerprint density at radius 1 is 1.40 bits per heavy atom. The molecule has 25 heavy (non-hydrogen) atoms. The highest BCUT2D eigenvalue weighted by Gasteiger charge is 2.32. The van der Waals surface area contributed by atoms with Crippen molar-refractivity contribution in [3.8, 4) is 0 Å². The van der Waals surface area contributed by atoms with Crippen molar-refractivity contribution in [2.75, 3.05) is 37.6 Å². The van der Waals surface area contributed by atoms with Crippen LogP contribution in [0.3, 0.4) is 0 Å². The zero-order valence-corrected chi connectivity index (χ0v) is 15.1. The van der Waals surface area contributed by atoms with Gasteiger partial charge in [-0.05, 0) is 19.8 Å². The molecule has 0 spiro atoms. The molecule has 1 saturated heterocycles. The van der Waals surface area contributed by atoms with E-state index in [0.717, 1.165) is 37.9 Å². The first-order valence-corrected chi connectivity index (χ1v) is 9.05. The van der Waals surface area contributed by atoms with Crippen LogP contribution < -0.4 is 10.2 Å². The highest BCUT2D eigenvalue weighted by atomic mass is 16.3. The van der Waals surface area contributed by atoms with Gasteiger partial charge in [-0.3, -0.25) is 14.5 Å². The summed E-state index contributed by atoms with van der Waals surface area (Å²) in [6, 6.07) is 0. The number of hydrogen-bond acceptors (Lipinski definition) is 4. The van der Waals surface area contributed by atoms with Crippen LogP contribution >= 0.6 is 0 Å². The van der Waals surface area contributed by atoms with Crippen LogP contribution in [0.5, 0.6) is 0 Å². The molecule has 3 rings (SSSR count). The van der Waals surface area contributed by atoms with Gasteiger partial charge in [0.1, 0.15) is 6.54 Å². The lowest BCUT2D eigenvalue weighted by Crippen LogP contribution is -2.55. The molecular weight excluding hydrogens is 320 g/mol. The van der Waals surface area contributed by atoms with Crippen molar-refractivity contribution >= 4 is 17.6 Å². The summed E-state index contributed by atoms with van der Waals surface area (Å²) in [6.07, 6.45) is 7.30. The number of aryl methyl sites for hydroxylation is 1. The number of carbonyl (C=O) groups is 1. The van der Waals surface area contributed by atoms with Gasteiger partial charge in [0.2, 0.25) is 5.91 Å². The van der Waals surface area contributed by atoms with Crippen molar-refractivity contribution in [1.29, 1.82) is 0 Å². The van der Waals surface area contributed by atoms with Crippen LogP contribution in [0.15, 0.2) is 17.4 Å². The number of piperazine rings is 1. The van der Waals surface area contributed by atoms with Gasteiger partial charge in [0.15, 0.2) is 5.96 Å². The maximum atomic E-state index is 12.6. The number of anilines is 1. The number of amides is 1. The number of aliphatic imine (C=N–C) groups is 1. The molecule has 1 aliphatic carbocycles. The first-order chi connectivity index (χ1) is 12.0. The van der Waals surface area contributed by atoms with Crippen molar-refractivity contribution < 1.29 is 9.90 Å². The zero-order chi connectivity index (χ0) is 17.9.